The molecule has 0 fully saturated rings. The largest absolute Gasteiger partial charge is 0.412 e. The summed E-state index contributed by atoms with van der Waals surface area (Å²) >= 11 is 0. The zero-order valence-electron chi connectivity index (χ0n) is 17.7. The molecular weight excluding hydrogens is 462 g/mol. The third kappa shape index (κ3) is 4.51. The average molecular weight is 481 g/mol. The highest BCUT2D eigenvalue weighted by atomic mass is 32.2. The van der Waals surface area contributed by atoms with Crippen molar-refractivity contribution in [2.24, 2.45) is 7.05 Å². The maximum Gasteiger partial charge on any atom is 0.156 e. The zero-order valence-corrected chi connectivity index (χ0v) is 18.6. The Hall–Kier alpha value is -4.09. The molecule has 5 aromatic rings. The Balaban J connectivity index is 0.00000274. The molecule has 11 heteroatoms. The number of halogens is 2. The van der Waals surface area contributed by atoms with Gasteiger partial charge in [-0.25, -0.2) is 18.0 Å². The van der Waals surface area contributed by atoms with Crippen molar-refractivity contribution in [1.82, 2.24) is 24.7 Å². The van der Waals surface area contributed by atoms with Crippen molar-refractivity contribution < 1.29 is 18.5 Å². The fourth-order valence-electron chi connectivity index (χ4n) is 3.35. The van der Waals surface area contributed by atoms with Crippen LogP contribution in [0, 0.1) is 11.6 Å². The van der Waals surface area contributed by atoms with E-state index in [1.54, 1.807) is 29.3 Å². The second kappa shape index (κ2) is 9.41. The molecule has 0 radical (unpaired) electrons. The lowest BCUT2D eigenvalue weighted by molar-refractivity contribution is 0.535. The number of nitrogens with one attached hydrogen (secondary N) is 1. The molecule has 1 unspecified atom stereocenters. The summed E-state index contributed by atoms with van der Waals surface area (Å²) in [5, 5.41) is 4.17. The molecular formula is C23H18F2N6O2S. The second-order valence-corrected chi connectivity index (χ2v) is 8.40. The van der Waals surface area contributed by atoms with E-state index in [0.29, 0.717) is 22.5 Å². The first kappa shape index (κ1) is 23.1. The predicted molar refractivity (Wildman–Crippen MR) is 125 cm³/mol. The first-order valence-electron chi connectivity index (χ1n) is 9.81. The van der Waals surface area contributed by atoms with Gasteiger partial charge >= 0.3 is 0 Å². The topological polar surface area (TPSA) is 117 Å². The van der Waals surface area contributed by atoms with Gasteiger partial charge in [0.25, 0.3) is 0 Å². The molecule has 8 nitrogen and oxygen atoms in total. The van der Waals surface area contributed by atoms with Crippen LogP contribution >= 0.6 is 0 Å². The van der Waals surface area contributed by atoms with Gasteiger partial charge < -0.3 is 5.48 Å². The van der Waals surface area contributed by atoms with Crippen LogP contribution in [0.2, 0.25) is 0 Å². The maximum absolute atomic E-state index is 13.9. The summed E-state index contributed by atoms with van der Waals surface area (Å²) in [6, 6.07) is 10.6. The molecule has 0 spiro atoms. The van der Waals surface area contributed by atoms with Crippen LogP contribution in [0.4, 0.5) is 14.5 Å². The Morgan fingerprint density at radius 3 is 2.44 bits per heavy atom. The van der Waals surface area contributed by atoms with Crippen LogP contribution < -0.4 is 4.72 Å². The van der Waals surface area contributed by atoms with Crippen molar-refractivity contribution in [3.8, 4) is 22.4 Å². The molecule has 0 saturated heterocycles. The summed E-state index contributed by atoms with van der Waals surface area (Å²) in [5.41, 5.74) is 4.83. The van der Waals surface area contributed by atoms with Crippen molar-refractivity contribution in [3.63, 3.8) is 0 Å². The van der Waals surface area contributed by atoms with Gasteiger partial charge in [-0.05, 0) is 35.9 Å². The van der Waals surface area contributed by atoms with Crippen molar-refractivity contribution in [3.05, 3.63) is 85.1 Å². The number of anilines is 1. The number of aromatic nitrogens is 5. The number of rotatable bonds is 5. The quantitative estimate of drug-likeness (QED) is 0.412. The molecule has 3 aromatic heterocycles. The third-order valence-corrected chi connectivity index (χ3v) is 6.11. The number of fused-ring (bicyclic) bond motifs is 1. The zero-order chi connectivity index (χ0) is 22.9. The molecule has 3 heterocycles. The van der Waals surface area contributed by atoms with Crippen LogP contribution in [0.25, 0.3) is 33.4 Å². The summed E-state index contributed by atoms with van der Waals surface area (Å²) in [7, 11) is -0.306. The van der Waals surface area contributed by atoms with Gasteiger partial charge in [0.05, 0.1) is 41.0 Å². The Morgan fingerprint density at radius 2 is 1.71 bits per heavy atom. The first-order chi connectivity index (χ1) is 16.0. The fourth-order valence-corrected chi connectivity index (χ4v) is 4.27. The molecule has 0 aliphatic carbocycles. The van der Waals surface area contributed by atoms with Crippen LogP contribution in [-0.4, -0.2) is 34.4 Å². The molecule has 1 atom stereocenters. The van der Waals surface area contributed by atoms with E-state index < -0.39 is 27.5 Å². The number of hydrogen-bond acceptors (Lipinski definition) is 5. The van der Waals surface area contributed by atoms with E-state index in [4.69, 9.17) is 4.98 Å². The number of benzene rings is 2. The van der Waals surface area contributed by atoms with Gasteiger partial charge in [-0.1, -0.05) is 12.1 Å². The van der Waals surface area contributed by atoms with E-state index in [-0.39, 0.29) is 5.48 Å². The van der Waals surface area contributed by atoms with E-state index in [9.17, 15) is 13.0 Å². The number of aryl methyl sites for hydroxylation is 1. The van der Waals surface area contributed by atoms with Gasteiger partial charge in [0.1, 0.15) is 16.5 Å². The van der Waals surface area contributed by atoms with Gasteiger partial charge in [0.2, 0.25) is 0 Å². The van der Waals surface area contributed by atoms with Gasteiger partial charge in [-0.3, -0.25) is 19.4 Å². The minimum absolute atomic E-state index is 0. The molecule has 0 amide bonds. The third-order valence-electron chi connectivity index (χ3n) is 4.93. The first-order valence-corrected chi connectivity index (χ1v) is 11.0. The lowest BCUT2D eigenvalue weighted by Gasteiger charge is -2.09. The monoisotopic (exact) mass is 480 g/mol. The summed E-state index contributed by atoms with van der Waals surface area (Å²) in [6.45, 7) is 0. The highest BCUT2D eigenvalue weighted by Crippen LogP contribution is 2.27. The molecule has 5 rings (SSSR count). The Morgan fingerprint density at radius 1 is 0.912 bits per heavy atom. The molecule has 0 aliphatic heterocycles. The lowest BCUT2D eigenvalue weighted by atomic mass is 10.1. The van der Waals surface area contributed by atoms with Gasteiger partial charge in [-0.15, -0.1) is 0 Å². The maximum atomic E-state index is 13.9. The van der Waals surface area contributed by atoms with Gasteiger partial charge in [-0.2, -0.15) is 5.10 Å². The van der Waals surface area contributed by atoms with Crippen molar-refractivity contribution >= 4 is 27.7 Å². The Labute approximate surface area is 195 Å². The number of pyridine rings is 1. The SMILES string of the molecule is Cn1cc(-c2cnc3ccc(-c4cncc(NS(=O)c5c(F)cccc5F)c4)cc3n2)cn1.O. The summed E-state index contributed by atoms with van der Waals surface area (Å²) in [6.07, 6.45) is 8.34. The van der Waals surface area contributed by atoms with Crippen molar-refractivity contribution in [2.45, 2.75) is 4.90 Å². The summed E-state index contributed by atoms with van der Waals surface area (Å²) in [5.74, 6) is -1.77. The van der Waals surface area contributed by atoms with Crippen molar-refractivity contribution in [1.29, 1.82) is 0 Å². The molecule has 0 bridgehead atoms. The van der Waals surface area contributed by atoms with Crippen LogP contribution in [0.15, 0.2) is 78.3 Å². The predicted octanol–water partition coefficient (Wildman–Crippen LogP) is 3.68. The standard InChI is InChI=1S/C23H16F2N6OS.H2O/c1-31-13-16(10-28-31)22-12-27-20-6-5-14(8-21(20)29-22)15-7-17(11-26-9-15)30-33(32)23-18(24)3-2-4-19(23)25;/h2-13,30H,1H3;1H2. The minimum Gasteiger partial charge on any atom is -0.412 e. The normalized spacial score (nSPS) is 11.7. The van der Waals surface area contributed by atoms with E-state index in [1.807, 2.05) is 31.4 Å². The number of hydrogen-bond donors (Lipinski definition) is 1. The molecule has 0 saturated carbocycles. The highest BCUT2D eigenvalue weighted by Gasteiger charge is 2.16. The summed E-state index contributed by atoms with van der Waals surface area (Å²) < 4.78 is 44.7. The highest BCUT2D eigenvalue weighted by molar-refractivity contribution is 7.86. The molecule has 3 N–H and O–H groups in total. The molecule has 2 aromatic carbocycles. The Kier molecular flexibility index (Phi) is 6.39. The van der Waals surface area contributed by atoms with E-state index >= 15 is 0 Å². The summed E-state index contributed by atoms with van der Waals surface area (Å²) in [4.78, 5) is 12.8. The molecule has 0 aliphatic rings. The van der Waals surface area contributed by atoms with E-state index in [2.05, 4.69) is 19.8 Å². The fraction of sp³-hybridized carbons (Fsp3) is 0.0435. The average Bonchev–Trinajstić information content (AvgIpc) is 3.25. The van der Waals surface area contributed by atoms with Gasteiger partial charge in [0, 0.05) is 30.6 Å². The van der Waals surface area contributed by atoms with E-state index in [0.717, 1.165) is 28.8 Å². The minimum atomic E-state index is -2.14. The lowest BCUT2D eigenvalue weighted by Crippen LogP contribution is -2.09. The molecule has 172 valence electrons. The second-order valence-electron chi connectivity index (χ2n) is 7.25. The Bertz CT molecular complexity index is 1500. The van der Waals surface area contributed by atoms with Crippen LogP contribution in [-0.2, 0) is 18.0 Å². The van der Waals surface area contributed by atoms with Crippen LogP contribution in [0.5, 0.6) is 0 Å². The van der Waals surface area contributed by atoms with Crippen molar-refractivity contribution in [2.75, 3.05) is 4.72 Å². The number of nitrogens with zero attached hydrogens (tertiary/aromatic N) is 5. The van der Waals surface area contributed by atoms with Crippen LogP contribution in [0.3, 0.4) is 0 Å². The molecule has 34 heavy (non-hydrogen) atoms. The smallest absolute Gasteiger partial charge is 0.156 e. The van der Waals surface area contributed by atoms with Crippen LogP contribution in [0.1, 0.15) is 0 Å². The van der Waals surface area contributed by atoms with Gasteiger partial charge in [0.15, 0.2) is 11.0 Å². The van der Waals surface area contributed by atoms with E-state index in [1.165, 1.54) is 12.3 Å².